The number of ether oxygens (including phenoxy) is 2. The highest BCUT2D eigenvalue weighted by Gasteiger charge is 2.33. The van der Waals surface area contributed by atoms with Crippen LogP contribution in [0.5, 0.6) is 5.75 Å². The maximum atomic E-state index is 14.6. The van der Waals surface area contributed by atoms with Gasteiger partial charge in [-0.3, -0.25) is 0 Å². The van der Waals surface area contributed by atoms with E-state index in [0.29, 0.717) is 30.8 Å². The van der Waals surface area contributed by atoms with Crippen LogP contribution in [0.25, 0.3) is 0 Å². The van der Waals surface area contributed by atoms with Crippen LogP contribution < -0.4 is 4.74 Å². The van der Waals surface area contributed by atoms with Crippen LogP contribution in [0.1, 0.15) is 89.5 Å². The lowest BCUT2D eigenvalue weighted by atomic mass is 9.75. The molecule has 0 bridgehead atoms. The second-order valence-electron chi connectivity index (χ2n) is 8.70. The predicted molar refractivity (Wildman–Crippen MR) is 109 cm³/mol. The Morgan fingerprint density at radius 3 is 2.39 bits per heavy atom. The third kappa shape index (κ3) is 5.25. The predicted octanol–water partition coefficient (Wildman–Crippen LogP) is 7.01. The molecule has 1 aromatic rings. The molecular weight excluding hydrogens is 358 g/mol. The molecule has 2 fully saturated rings. The minimum atomic E-state index is -0.857. The highest BCUT2D eigenvalue weighted by atomic mass is 19.2. The number of benzene rings is 1. The average molecular weight is 395 g/mol. The van der Waals surface area contributed by atoms with E-state index in [9.17, 15) is 8.78 Å². The fourth-order valence-electron chi connectivity index (χ4n) is 4.95. The number of halogens is 2. The van der Waals surface area contributed by atoms with E-state index in [1.54, 1.807) is 12.1 Å². The van der Waals surface area contributed by atoms with Gasteiger partial charge in [-0.15, -0.1) is 0 Å². The van der Waals surface area contributed by atoms with E-state index in [1.807, 2.05) is 6.92 Å². The lowest BCUT2D eigenvalue weighted by molar-refractivity contribution is -0.0440. The van der Waals surface area contributed by atoms with Crippen molar-refractivity contribution in [2.75, 3.05) is 13.2 Å². The smallest absolute Gasteiger partial charge is 0.200 e. The molecule has 4 heteroatoms. The zero-order chi connectivity index (χ0) is 19.9. The quantitative estimate of drug-likeness (QED) is 0.441. The molecule has 0 spiro atoms. The van der Waals surface area contributed by atoms with Crippen molar-refractivity contribution in [3.05, 3.63) is 29.3 Å². The summed E-state index contributed by atoms with van der Waals surface area (Å²) >= 11 is 0. The molecule has 0 N–H and O–H groups in total. The van der Waals surface area contributed by atoms with Crippen LogP contribution in [-0.2, 0) is 4.74 Å². The molecule has 2 aliphatic rings. The van der Waals surface area contributed by atoms with Gasteiger partial charge in [0.1, 0.15) is 0 Å². The van der Waals surface area contributed by atoms with Crippen LogP contribution in [0, 0.1) is 23.5 Å². The van der Waals surface area contributed by atoms with Crippen LogP contribution in [-0.4, -0.2) is 19.3 Å². The summed E-state index contributed by atoms with van der Waals surface area (Å²) in [6.45, 7) is 5.21. The summed E-state index contributed by atoms with van der Waals surface area (Å²) in [4.78, 5) is 0. The number of hydrogen-bond donors (Lipinski definition) is 0. The van der Waals surface area contributed by atoms with Crippen LogP contribution in [0.2, 0.25) is 0 Å². The number of rotatable bonds is 8. The summed E-state index contributed by atoms with van der Waals surface area (Å²) in [5, 5.41) is 0. The van der Waals surface area contributed by atoms with Gasteiger partial charge in [-0.1, -0.05) is 52.0 Å². The molecule has 0 aromatic heterocycles. The van der Waals surface area contributed by atoms with Crippen molar-refractivity contribution in [2.45, 2.75) is 90.1 Å². The Balaban J connectivity index is 1.53. The molecule has 0 radical (unpaired) electrons. The monoisotopic (exact) mass is 394 g/mol. The molecular formula is C24H36F2O2. The van der Waals surface area contributed by atoms with Gasteiger partial charge in [0.2, 0.25) is 5.82 Å². The van der Waals surface area contributed by atoms with E-state index in [4.69, 9.17) is 9.47 Å². The summed E-state index contributed by atoms with van der Waals surface area (Å²) in [6, 6.07) is 3.26. The molecule has 1 aromatic carbocycles. The first-order valence-electron chi connectivity index (χ1n) is 11.4. The normalized spacial score (nSPS) is 28.3. The minimum absolute atomic E-state index is 0.0214. The van der Waals surface area contributed by atoms with Crippen LogP contribution >= 0.6 is 0 Å². The highest BCUT2D eigenvalue weighted by molar-refractivity contribution is 5.33. The van der Waals surface area contributed by atoms with Gasteiger partial charge in [-0.25, -0.2) is 4.39 Å². The van der Waals surface area contributed by atoms with E-state index in [-0.39, 0.29) is 11.7 Å². The van der Waals surface area contributed by atoms with Crippen molar-refractivity contribution in [1.82, 2.24) is 0 Å². The average Bonchev–Trinajstić information content (AvgIpc) is 2.72. The van der Waals surface area contributed by atoms with Crippen molar-refractivity contribution in [1.29, 1.82) is 0 Å². The molecule has 1 aliphatic heterocycles. The first-order valence-corrected chi connectivity index (χ1v) is 11.4. The molecule has 2 nitrogen and oxygen atoms in total. The van der Waals surface area contributed by atoms with Gasteiger partial charge in [-0.2, -0.15) is 4.39 Å². The molecule has 1 aliphatic carbocycles. The molecule has 1 heterocycles. The van der Waals surface area contributed by atoms with E-state index in [2.05, 4.69) is 6.92 Å². The van der Waals surface area contributed by atoms with E-state index >= 15 is 0 Å². The summed E-state index contributed by atoms with van der Waals surface area (Å²) in [5.41, 5.74) is 0.436. The van der Waals surface area contributed by atoms with Crippen molar-refractivity contribution < 1.29 is 18.3 Å². The van der Waals surface area contributed by atoms with E-state index < -0.39 is 11.6 Å². The van der Waals surface area contributed by atoms with Crippen LogP contribution in [0.15, 0.2) is 12.1 Å². The van der Waals surface area contributed by atoms with Gasteiger partial charge in [0.25, 0.3) is 0 Å². The molecule has 1 saturated heterocycles. The first kappa shape index (κ1) is 21.5. The van der Waals surface area contributed by atoms with Gasteiger partial charge in [0.05, 0.1) is 19.3 Å². The van der Waals surface area contributed by atoms with E-state index in [1.165, 1.54) is 38.5 Å². The van der Waals surface area contributed by atoms with Crippen molar-refractivity contribution in [3.63, 3.8) is 0 Å². The molecule has 158 valence electrons. The number of unbranched alkanes of at least 4 members (excludes halogenated alkanes) is 1. The Bertz CT molecular complexity index is 603. The SMILES string of the molecule is CCCCOc1ccc([C@@H]2CCC(C3CCC(CCC)CC3)OC2)c(F)c1F. The van der Waals surface area contributed by atoms with Gasteiger partial charge < -0.3 is 9.47 Å². The summed E-state index contributed by atoms with van der Waals surface area (Å²) < 4.78 is 40.5. The molecule has 2 atom stereocenters. The lowest BCUT2D eigenvalue weighted by Crippen LogP contribution is -2.33. The Morgan fingerprint density at radius 2 is 1.75 bits per heavy atom. The summed E-state index contributed by atoms with van der Waals surface area (Å²) in [7, 11) is 0. The summed E-state index contributed by atoms with van der Waals surface area (Å²) in [5.74, 6) is -0.121. The third-order valence-corrected chi connectivity index (χ3v) is 6.70. The maximum absolute atomic E-state index is 14.6. The van der Waals surface area contributed by atoms with Gasteiger partial charge in [0, 0.05) is 5.92 Å². The third-order valence-electron chi connectivity index (χ3n) is 6.70. The largest absolute Gasteiger partial charge is 0.490 e. The van der Waals surface area contributed by atoms with Crippen LogP contribution in [0.4, 0.5) is 8.78 Å². The van der Waals surface area contributed by atoms with Gasteiger partial charge in [0.15, 0.2) is 11.6 Å². The highest BCUT2D eigenvalue weighted by Crippen LogP contribution is 2.40. The van der Waals surface area contributed by atoms with Crippen molar-refractivity contribution in [3.8, 4) is 5.75 Å². The Hall–Kier alpha value is -1.16. The lowest BCUT2D eigenvalue weighted by Gasteiger charge is -2.38. The summed E-state index contributed by atoms with van der Waals surface area (Å²) in [6.07, 6.45) is 11.7. The van der Waals surface area contributed by atoms with Gasteiger partial charge in [-0.05, 0) is 55.6 Å². The molecule has 1 unspecified atom stereocenters. The number of hydrogen-bond acceptors (Lipinski definition) is 2. The zero-order valence-electron chi connectivity index (χ0n) is 17.5. The van der Waals surface area contributed by atoms with Gasteiger partial charge >= 0.3 is 0 Å². The van der Waals surface area contributed by atoms with Crippen molar-refractivity contribution >= 4 is 0 Å². The molecule has 0 amide bonds. The maximum Gasteiger partial charge on any atom is 0.200 e. The molecule has 3 rings (SSSR count). The molecule has 28 heavy (non-hydrogen) atoms. The fourth-order valence-corrected chi connectivity index (χ4v) is 4.95. The minimum Gasteiger partial charge on any atom is -0.490 e. The second kappa shape index (κ2) is 10.6. The second-order valence-corrected chi connectivity index (χ2v) is 8.70. The Labute approximate surface area is 169 Å². The van der Waals surface area contributed by atoms with E-state index in [0.717, 1.165) is 31.6 Å². The fraction of sp³-hybridized carbons (Fsp3) is 0.750. The van der Waals surface area contributed by atoms with Crippen molar-refractivity contribution in [2.24, 2.45) is 11.8 Å². The zero-order valence-corrected chi connectivity index (χ0v) is 17.5. The van der Waals surface area contributed by atoms with Crippen LogP contribution in [0.3, 0.4) is 0 Å². The standard InChI is InChI=1S/C24H36F2O2/c1-3-5-15-27-22-14-12-20(23(25)24(22)26)19-11-13-21(28-16-19)18-9-7-17(6-4-2)8-10-18/h12,14,17-19,21H,3-11,13,15-16H2,1-2H3/t17?,18?,19-,21?/m1/s1. The Kier molecular flexibility index (Phi) is 8.13. The first-order chi connectivity index (χ1) is 13.6. The topological polar surface area (TPSA) is 18.5 Å². The Morgan fingerprint density at radius 1 is 0.964 bits per heavy atom. The molecule has 1 saturated carbocycles.